The summed E-state index contributed by atoms with van der Waals surface area (Å²) >= 11 is 3.41. The summed E-state index contributed by atoms with van der Waals surface area (Å²) in [6.45, 7) is 8.91. The molecule has 0 radical (unpaired) electrons. The molecule has 1 unspecified atom stereocenters. The number of nitrogens with zero attached hydrogens (tertiary/aromatic N) is 2. The molecule has 0 aromatic heterocycles. The van der Waals surface area contributed by atoms with Crippen molar-refractivity contribution in [3.63, 3.8) is 0 Å². The summed E-state index contributed by atoms with van der Waals surface area (Å²) in [5.74, 6) is 0. The van der Waals surface area contributed by atoms with Gasteiger partial charge in [0.25, 0.3) is 0 Å². The fourth-order valence-electron chi connectivity index (χ4n) is 2.49. The van der Waals surface area contributed by atoms with Crippen LogP contribution in [-0.2, 0) is 0 Å². The number of hydrogen-bond acceptors (Lipinski definition) is 3. The topological polar surface area (TPSA) is 26.7 Å². The minimum absolute atomic E-state index is 0.350. The third-order valence-electron chi connectivity index (χ3n) is 3.89. The Morgan fingerprint density at radius 3 is 2.26 bits per heavy atom. The largest absolute Gasteiger partial charge is 0.388 e. The van der Waals surface area contributed by atoms with Gasteiger partial charge in [-0.2, -0.15) is 0 Å². The van der Waals surface area contributed by atoms with E-state index in [1.165, 1.54) is 0 Å². The van der Waals surface area contributed by atoms with E-state index >= 15 is 0 Å². The average Bonchev–Trinajstić information content (AvgIpc) is 2.46. The molecule has 19 heavy (non-hydrogen) atoms. The fraction of sp³-hybridized carbons (Fsp3) is 0.600. The van der Waals surface area contributed by atoms with Crippen LogP contribution in [0.2, 0.25) is 0 Å². The van der Waals surface area contributed by atoms with Crippen LogP contribution in [0.25, 0.3) is 0 Å². The molecule has 4 heteroatoms. The van der Waals surface area contributed by atoms with Gasteiger partial charge in [0.1, 0.15) is 0 Å². The normalized spacial score (nSPS) is 19.5. The molecule has 0 bridgehead atoms. The molecule has 1 saturated heterocycles. The number of aliphatic hydroxyl groups excluding tert-OH is 1. The van der Waals surface area contributed by atoms with Crippen molar-refractivity contribution in [1.29, 1.82) is 0 Å². The summed E-state index contributed by atoms with van der Waals surface area (Å²) < 4.78 is 1.05. The van der Waals surface area contributed by atoms with Crippen LogP contribution < -0.4 is 0 Å². The Hall–Kier alpha value is -0.420. The minimum Gasteiger partial charge on any atom is -0.388 e. The molecule has 0 saturated carbocycles. The Balaban J connectivity index is 1.75. The van der Waals surface area contributed by atoms with Gasteiger partial charge < -0.3 is 14.9 Å². The van der Waals surface area contributed by atoms with E-state index in [1.807, 2.05) is 24.3 Å². The zero-order valence-electron chi connectivity index (χ0n) is 11.6. The van der Waals surface area contributed by atoms with Gasteiger partial charge >= 0.3 is 0 Å². The quantitative estimate of drug-likeness (QED) is 0.900. The van der Waals surface area contributed by atoms with Crippen LogP contribution in [-0.4, -0.2) is 54.2 Å². The minimum atomic E-state index is -0.350. The summed E-state index contributed by atoms with van der Waals surface area (Å²) in [7, 11) is 0. The fourth-order valence-corrected chi connectivity index (χ4v) is 2.75. The molecule has 0 aliphatic carbocycles. The van der Waals surface area contributed by atoms with Crippen LogP contribution in [0.4, 0.5) is 0 Å². The van der Waals surface area contributed by atoms with Crippen molar-refractivity contribution in [3.05, 3.63) is 34.3 Å². The molecule has 3 nitrogen and oxygen atoms in total. The Labute approximate surface area is 124 Å². The van der Waals surface area contributed by atoms with E-state index in [-0.39, 0.29) is 6.10 Å². The second-order valence-electron chi connectivity index (χ2n) is 5.13. The number of rotatable bonds is 5. The summed E-state index contributed by atoms with van der Waals surface area (Å²) in [5.41, 5.74) is 1.01. The molecule has 106 valence electrons. The van der Waals surface area contributed by atoms with Crippen molar-refractivity contribution in [2.75, 3.05) is 39.3 Å². The smallest absolute Gasteiger partial charge is 0.0802 e. The summed E-state index contributed by atoms with van der Waals surface area (Å²) in [6, 6.07) is 7.95. The SMILES string of the molecule is CCN1CCN(CCC(O)c2ccc(Br)cc2)CC1. The third-order valence-corrected chi connectivity index (χ3v) is 4.41. The standard InChI is InChI=1S/C15H23BrN2O/c1-2-17-9-11-18(12-10-17)8-7-15(19)13-3-5-14(16)6-4-13/h3-6,15,19H,2,7-12H2,1H3. The van der Waals surface area contributed by atoms with Crippen LogP contribution in [0.3, 0.4) is 0 Å². The highest BCUT2D eigenvalue weighted by Crippen LogP contribution is 2.20. The first kappa shape index (κ1) is 15.0. The van der Waals surface area contributed by atoms with Gasteiger partial charge in [0.05, 0.1) is 6.10 Å². The van der Waals surface area contributed by atoms with Gasteiger partial charge in [-0.3, -0.25) is 0 Å². The van der Waals surface area contributed by atoms with E-state index in [4.69, 9.17) is 0 Å². The Morgan fingerprint density at radius 2 is 1.68 bits per heavy atom. The molecule has 2 rings (SSSR count). The first-order valence-corrected chi connectivity index (χ1v) is 7.86. The van der Waals surface area contributed by atoms with Crippen LogP contribution >= 0.6 is 15.9 Å². The van der Waals surface area contributed by atoms with Crippen LogP contribution in [0.1, 0.15) is 25.0 Å². The van der Waals surface area contributed by atoms with Crippen LogP contribution in [0.5, 0.6) is 0 Å². The zero-order chi connectivity index (χ0) is 13.7. The van der Waals surface area contributed by atoms with Gasteiger partial charge in [0.2, 0.25) is 0 Å². The third kappa shape index (κ3) is 4.56. The Bertz CT molecular complexity index is 374. The molecule has 0 spiro atoms. The number of likely N-dealkylation sites (N-methyl/N-ethyl adjacent to an activating group) is 1. The van der Waals surface area contributed by atoms with E-state index in [2.05, 4.69) is 32.7 Å². The number of hydrogen-bond donors (Lipinski definition) is 1. The highest BCUT2D eigenvalue weighted by molar-refractivity contribution is 9.10. The van der Waals surface area contributed by atoms with Crippen molar-refractivity contribution in [2.45, 2.75) is 19.4 Å². The predicted molar refractivity (Wildman–Crippen MR) is 82.3 cm³/mol. The number of aliphatic hydroxyl groups is 1. The Morgan fingerprint density at radius 1 is 1.11 bits per heavy atom. The van der Waals surface area contributed by atoms with E-state index in [0.717, 1.165) is 55.7 Å². The molecule has 1 N–H and O–H groups in total. The van der Waals surface area contributed by atoms with Gasteiger partial charge in [0, 0.05) is 37.2 Å². The zero-order valence-corrected chi connectivity index (χ0v) is 13.1. The molecule has 1 fully saturated rings. The maximum absolute atomic E-state index is 10.2. The van der Waals surface area contributed by atoms with Gasteiger partial charge in [-0.25, -0.2) is 0 Å². The summed E-state index contributed by atoms with van der Waals surface area (Å²) in [4.78, 5) is 4.93. The summed E-state index contributed by atoms with van der Waals surface area (Å²) in [6.07, 6.45) is 0.464. The van der Waals surface area contributed by atoms with Crippen LogP contribution in [0, 0.1) is 0 Å². The molecule has 1 aliphatic rings. The van der Waals surface area contributed by atoms with E-state index in [0.29, 0.717) is 0 Å². The van der Waals surface area contributed by atoms with Crippen molar-refractivity contribution < 1.29 is 5.11 Å². The molecule has 1 heterocycles. The molecular weight excluding hydrogens is 304 g/mol. The summed E-state index contributed by atoms with van der Waals surface area (Å²) in [5, 5.41) is 10.2. The lowest BCUT2D eigenvalue weighted by Crippen LogP contribution is -2.46. The monoisotopic (exact) mass is 326 g/mol. The first-order valence-electron chi connectivity index (χ1n) is 7.07. The van der Waals surface area contributed by atoms with E-state index in [9.17, 15) is 5.11 Å². The molecule has 1 aromatic carbocycles. The predicted octanol–water partition coefficient (Wildman–Crippen LogP) is 2.51. The second-order valence-corrected chi connectivity index (χ2v) is 6.05. The Kier molecular flexibility index (Phi) is 5.82. The lowest BCUT2D eigenvalue weighted by atomic mass is 10.1. The van der Waals surface area contributed by atoms with Gasteiger partial charge in [-0.1, -0.05) is 35.0 Å². The van der Waals surface area contributed by atoms with Crippen molar-refractivity contribution in [2.24, 2.45) is 0 Å². The number of halogens is 1. The average molecular weight is 327 g/mol. The highest BCUT2D eigenvalue weighted by atomic mass is 79.9. The van der Waals surface area contributed by atoms with Crippen LogP contribution in [0.15, 0.2) is 28.7 Å². The van der Waals surface area contributed by atoms with Crippen molar-refractivity contribution in [1.82, 2.24) is 9.80 Å². The highest BCUT2D eigenvalue weighted by Gasteiger charge is 2.16. The van der Waals surface area contributed by atoms with E-state index in [1.54, 1.807) is 0 Å². The van der Waals surface area contributed by atoms with Gasteiger partial charge in [-0.05, 0) is 30.7 Å². The van der Waals surface area contributed by atoms with Crippen molar-refractivity contribution in [3.8, 4) is 0 Å². The maximum atomic E-state index is 10.2. The lowest BCUT2D eigenvalue weighted by Gasteiger charge is -2.34. The van der Waals surface area contributed by atoms with Gasteiger partial charge in [-0.15, -0.1) is 0 Å². The molecule has 0 amide bonds. The molecule has 1 aliphatic heterocycles. The van der Waals surface area contributed by atoms with Crippen molar-refractivity contribution >= 4 is 15.9 Å². The maximum Gasteiger partial charge on any atom is 0.0802 e. The molecule has 1 aromatic rings. The number of piperazine rings is 1. The lowest BCUT2D eigenvalue weighted by molar-refractivity contribution is 0.105. The first-order chi connectivity index (χ1) is 9.19. The molecular formula is C15H23BrN2O. The second kappa shape index (κ2) is 7.39. The number of benzene rings is 1. The van der Waals surface area contributed by atoms with Gasteiger partial charge in [0.15, 0.2) is 0 Å². The molecule has 1 atom stereocenters. The van der Waals surface area contributed by atoms with E-state index < -0.39 is 0 Å².